The molecule has 1 atom stereocenters. The van der Waals surface area contributed by atoms with Gasteiger partial charge in [-0.15, -0.1) is 11.3 Å². The molecule has 1 aromatic carbocycles. The van der Waals surface area contributed by atoms with Gasteiger partial charge in [-0.25, -0.2) is 0 Å². The van der Waals surface area contributed by atoms with E-state index in [1.54, 1.807) is 11.3 Å². The smallest absolute Gasteiger partial charge is 0.251 e. The Kier molecular flexibility index (Phi) is 5.53. The molecule has 2 aromatic rings. The topological polar surface area (TPSA) is 32.3 Å². The van der Waals surface area contributed by atoms with Crippen molar-refractivity contribution in [3.8, 4) is 0 Å². The first-order valence-electron chi connectivity index (χ1n) is 7.18. The van der Waals surface area contributed by atoms with Gasteiger partial charge in [-0.3, -0.25) is 4.79 Å². The molecule has 1 heterocycles. The van der Waals surface area contributed by atoms with Gasteiger partial charge in [0.2, 0.25) is 0 Å². The zero-order valence-electron chi connectivity index (χ0n) is 12.8. The first-order chi connectivity index (χ1) is 10.1. The van der Waals surface area contributed by atoms with Crippen LogP contribution < -0.4 is 5.32 Å². The summed E-state index contributed by atoms with van der Waals surface area (Å²) in [7, 11) is 4.07. The van der Waals surface area contributed by atoms with Crippen LogP contribution in [0.1, 0.15) is 33.8 Å². The molecular weight excluding hydrogens is 280 g/mol. The third-order valence-electron chi connectivity index (χ3n) is 3.58. The molecule has 0 aliphatic heterocycles. The lowest BCUT2D eigenvalue weighted by molar-refractivity contribution is 0.0942. The van der Waals surface area contributed by atoms with Crippen molar-refractivity contribution in [1.29, 1.82) is 0 Å². The van der Waals surface area contributed by atoms with Crippen LogP contribution in [0, 0.1) is 0 Å². The van der Waals surface area contributed by atoms with Crippen LogP contribution >= 0.6 is 11.3 Å². The van der Waals surface area contributed by atoms with Crippen LogP contribution in [-0.4, -0.2) is 31.4 Å². The number of carbonyl (C=O) groups is 1. The van der Waals surface area contributed by atoms with Crippen LogP contribution in [0.2, 0.25) is 0 Å². The maximum absolute atomic E-state index is 12.2. The molecule has 0 bridgehead atoms. The Morgan fingerprint density at radius 2 is 1.95 bits per heavy atom. The van der Waals surface area contributed by atoms with Crippen molar-refractivity contribution in [2.24, 2.45) is 0 Å². The van der Waals surface area contributed by atoms with Gasteiger partial charge in [0.1, 0.15) is 0 Å². The largest absolute Gasteiger partial charge is 0.350 e. The van der Waals surface area contributed by atoms with E-state index < -0.39 is 0 Å². The van der Waals surface area contributed by atoms with Crippen molar-refractivity contribution in [2.45, 2.75) is 19.4 Å². The van der Waals surface area contributed by atoms with E-state index in [0.717, 1.165) is 12.0 Å². The molecule has 0 saturated heterocycles. The third kappa shape index (κ3) is 4.16. The maximum atomic E-state index is 12.2. The Morgan fingerprint density at radius 3 is 2.48 bits per heavy atom. The molecule has 0 saturated carbocycles. The summed E-state index contributed by atoms with van der Waals surface area (Å²) in [5, 5.41) is 5.10. The van der Waals surface area contributed by atoms with Crippen LogP contribution in [0.25, 0.3) is 0 Å². The predicted molar refractivity (Wildman–Crippen MR) is 88.9 cm³/mol. The molecule has 1 amide bonds. The lowest BCUT2D eigenvalue weighted by Crippen LogP contribution is -2.34. The predicted octanol–water partition coefficient (Wildman–Crippen LogP) is 3.34. The Morgan fingerprint density at radius 1 is 1.24 bits per heavy atom. The van der Waals surface area contributed by atoms with E-state index in [2.05, 4.69) is 28.6 Å². The van der Waals surface area contributed by atoms with Crippen molar-refractivity contribution in [1.82, 2.24) is 10.2 Å². The van der Waals surface area contributed by atoms with Gasteiger partial charge >= 0.3 is 0 Å². The van der Waals surface area contributed by atoms with Gasteiger partial charge in [0.05, 0.1) is 6.04 Å². The van der Waals surface area contributed by atoms with Crippen molar-refractivity contribution in [2.75, 3.05) is 20.6 Å². The maximum Gasteiger partial charge on any atom is 0.251 e. The molecule has 0 fully saturated rings. The van der Waals surface area contributed by atoms with Crippen molar-refractivity contribution >= 4 is 17.2 Å². The molecule has 112 valence electrons. The molecule has 0 aliphatic rings. The van der Waals surface area contributed by atoms with Crippen LogP contribution in [0.3, 0.4) is 0 Å². The molecule has 1 unspecified atom stereocenters. The van der Waals surface area contributed by atoms with E-state index in [9.17, 15) is 4.79 Å². The zero-order chi connectivity index (χ0) is 15.2. The molecule has 2 rings (SSSR count). The van der Waals surface area contributed by atoms with Crippen molar-refractivity contribution in [3.63, 3.8) is 0 Å². The van der Waals surface area contributed by atoms with E-state index in [1.807, 2.05) is 44.4 Å². The fourth-order valence-electron chi connectivity index (χ4n) is 2.20. The van der Waals surface area contributed by atoms with E-state index in [0.29, 0.717) is 6.54 Å². The number of carbonyl (C=O) groups excluding carboxylic acids is 1. The standard InChI is InChI=1S/C17H22N2OS/c1-4-13-7-9-14(10-8-13)17(20)18-12-15(19(2)3)16-6-5-11-21-16/h5-11,15H,4,12H2,1-3H3,(H,18,20). The summed E-state index contributed by atoms with van der Waals surface area (Å²) in [6.07, 6.45) is 0.989. The highest BCUT2D eigenvalue weighted by molar-refractivity contribution is 7.10. The Bertz CT molecular complexity index is 561. The minimum atomic E-state index is -0.0129. The number of hydrogen-bond donors (Lipinski definition) is 1. The molecule has 1 aromatic heterocycles. The molecule has 0 spiro atoms. The zero-order valence-corrected chi connectivity index (χ0v) is 13.6. The number of likely N-dealkylation sites (N-methyl/N-ethyl adjacent to an activating group) is 1. The SMILES string of the molecule is CCc1ccc(C(=O)NCC(c2cccs2)N(C)C)cc1. The number of rotatable bonds is 6. The van der Waals surface area contributed by atoms with E-state index in [-0.39, 0.29) is 11.9 Å². The highest BCUT2D eigenvalue weighted by Crippen LogP contribution is 2.22. The van der Waals surface area contributed by atoms with Gasteiger partial charge in [0.15, 0.2) is 0 Å². The summed E-state index contributed by atoms with van der Waals surface area (Å²) in [6, 6.07) is 12.2. The minimum Gasteiger partial charge on any atom is -0.350 e. The molecule has 3 nitrogen and oxygen atoms in total. The van der Waals surface area contributed by atoms with Gasteiger partial charge < -0.3 is 10.2 Å². The summed E-state index contributed by atoms with van der Waals surface area (Å²) in [4.78, 5) is 15.6. The molecule has 0 aliphatic carbocycles. The highest BCUT2D eigenvalue weighted by Gasteiger charge is 2.16. The molecule has 21 heavy (non-hydrogen) atoms. The average molecular weight is 302 g/mol. The lowest BCUT2D eigenvalue weighted by Gasteiger charge is -2.23. The average Bonchev–Trinajstić information content (AvgIpc) is 3.01. The minimum absolute atomic E-state index is 0.0129. The Labute approximate surface area is 130 Å². The number of nitrogens with zero attached hydrogens (tertiary/aromatic N) is 1. The summed E-state index contributed by atoms with van der Waals surface area (Å²) in [6.45, 7) is 2.72. The summed E-state index contributed by atoms with van der Waals surface area (Å²) in [5.74, 6) is -0.0129. The Balaban J connectivity index is 1.98. The van der Waals surface area contributed by atoms with Gasteiger partial charge in [-0.2, -0.15) is 0 Å². The Hall–Kier alpha value is -1.65. The van der Waals surface area contributed by atoms with Crippen LogP contribution in [-0.2, 0) is 6.42 Å². The molecule has 1 N–H and O–H groups in total. The number of thiophene rings is 1. The normalized spacial score (nSPS) is 12.4. The number of benzene rings is 1. The van der Waals surface area contributed by atoms with Crippen LogP contribution in [0.4, 0.5) is 0 Å². The van der Waals surface area contributed by atoms with Crippen molar-refractivity contribution in [3.05, 3.63) is 57.8 Å². The second-order valence-electron chi connectivity index (χ2n) is 5.26. The summed E-state index contributed by atoms with van der Waals surface area (Å²) < 4.78 is 0. The lowest BCUT2D eigenvalue weighted by atomic mass is 10.1. The highest BCUT2D eigenvalue weighted by atomic mass is 32.1. The number of amides is 1. The molecule has 0 radical (unpaired) electrons. The molecule has 4 heteroatoms. The first kappa shape index (κ1) is 15.7. The monoisotopic (exact) mass is 302 g/mol. The first-order valence-corrected chi connectivity index (χ1v) is 8.06. The third-order valence-corrected chi connectivity index (χ3v) is 4.55. The summed E-state index contributed by atoms with van der Waals surface area (Å²) in [5.41, 5.74) is 1.96. The van der Waals surface area contributed by atoms with Crippen LogP contribution in [0.5, 0.6) is 0 Å². The fourth-order valence-corrected chi connectivity index (χ4v) is 3.12. The van der Waals surface area contributed by atoms with E-state index in [1.165, 1.54) is 10.4 Å². The fraction of sp³-hybridized carbons (Fsp3) is 0.353. The van der Waals surface area contributed by atoms with Crippen molar-refractivity contribution < 1.29 is 4.79 Å². The quantitative estimate of drug-likeness (QED) is 0.887. The number of nitrogens with one attached hydrogen (secondary N) is 1. The second kappa shape index (κ2) is 7.38. The number of hydrogen-bond acceptors (Lipinski definition) is 3. The van der Waals surface area contributed by atoms with Gasteiger partial charge in [0, 0.05) is 17.0 Å². The van der Waals surface area contributed by atoms with E-state index >= 15 is 0 Å². The van der Waals surface area contributed by atoms with Crippen LogP contribution in [0.15, 0.2) is 41.8 Å². The second-order valence-corrected chi connectivity index (χ2v) is 6.23. The summed E-state index contributed by atoms with van der Waals surface area (Å²) >= 11 is 1.72. The molecular formula is C17H22N2OS. The van der Waals surface area contributed by atoms with Gasteiger partial charge in [-0.05, 0) is 49.7 Å². The number of aryl methyl sites for hydroxylation is 1. The van der Waals surface area contributed by atoms with E-state index in [4.69, 9.17) is 0 Å². The van der Waals surface area contributed by atoms with Gasteiger partial charge in [0.25, 0.3) is 5.91 Å². The van der Waals surface area contributed by atoms with Gasteiger partial charge in [-0.1, -0.05) is 25.1 Å².